The molecule has 1 saturated carbocycles. The smallest absolute Gasteiger partial charge is 0.317 e. The largest absolute Gasteiger partial charge is 0.338 e. The van der Waals surface area contributed by atoms with Crippen LogP contribution in [-0.2, 0) is 13.0 Å². The fourth-order valence-electron chi connectivity index (χ4n) is 3.86. The van der Waals surface area contributed by atoms with E-state index >= 15 is 0 Å². The van der Waals surface area contributed by atoms with E-state index in [1.165, 1.54) is 37.7 Å². The fraction of sp³-hybridized carbons (Fsp3) is 0.588. The Morgan fingerprint density at radius 3 is 3.04 bits per heavy atom. The molecule has 0 spiro atoms. The molecule has 0 saturated heterocycles. The molecule has 6 heteroatoms. The molecule has 2 aromatic heterocycles. The summed E-state index contributed by atoms with van der Waals surface area (Å²) in [5, 5.41) is 11.2. The van der Waals surface area contributed by atoms with Gasteiger partial charge >= 0.3 is 6.03 Å². The number of pyridine rings is 1. The van der Waals surface area contributed by atoms with Gasteiger partial charge in [-0.1, -0.05) is 19.3 Å². The number of carbonyl (C=O) groups excluding carboxylic acids is 1. The Hall–Kier alpha value is -2.11. The van der Waals surface area contributed by atoms with Crippen molar-refractivity contribution in [1.29, 1.82) is 0 Å². The van der Waals surface area contributed by atoms with E-state index < -0.39 is 0 Å². The molecule has 1 aliphatic heterocycles. The molecule has 0 unspecified atom stereocenters. The van der Waals surface area contributed by atoms with Gasteiger partial charge in [0.05, 0.1) is 6.20 Å². The Bertz CT molecular complexity index is 704. The van der Waals surface area contributed by atoms with Gasteiger partial charge in [0.15, 0.2) is 5.65 Å². The van der Waals surface area contributed by atoms with Gasteiger partial charge in [0, 0.05) is 31.2 Å². The van der Waals surface area contributed by atoms with E-state index in [-0.39, 0.29) is 6.03 Å². The molecule has 1 fully saturated rings. The maximum Gasteiger partial charge on any atom is 0.317 e. The lowest BCUT2D eigenvalue weighted by Gasteiger charge is -2.30. The molecule has 2 amide bonds. The molecule has 4 rings (SSSR count). The second-order valence-corrected chi connectivity index (χ2v) is 6.76. The number of nitrogens with zero attached hydrogens (tertiary/aromatic N) is 3. The Kier molecular flexibility index (Phi) is 3.89. The molecule has 6 nitrogen and oxygen atoms in total. The summed E-state index contributed by atoms with van der Waals surface area (Å²) in [4.78, 5) is 18.7. The average Bonchev–Trinajstić information content (AvgIpc) is 3.09. The van der Waals surface area contributed by atoms with Gasteiger partial charge in [0.1, 0.15) is 0 Å². The highest BCUT2D eigenvalue weighted by molar-refractivity contribution is 5.80. The van der Waals surface area contributed by atoms with Crippen LogP contribution in [-0.4, -0.2) is 39.2 Å². The average molecular weight is 313 g/mol. The van der Waals surface area contributed by atoms with Crippen LogP contribution in [0.4, 0.5) is 4.79 Å². The van der Waals surface area contributed by atoms with Gasteiger partial charge in [-0.3, -0.25) is 5.10 Å². The lowest BCUT2D eigenvalue weighted by Crippen LogP contribution is -2.44. The Balaban J connectivity index is 1.40. The first-order valence-corrected chi connectivity index (χ1v) is 8.64. The number of carbonyl (C=O) groups is 1. The SMILES string of the molecule is O=C(NCC1CCCCC1)N1CCc2c(cnc3[nH]ncc23)C1. The van der Waals surface area contributed by atoms with Crippen LogP contribution >= 0.6 is 0 Å². The predicted molar refractivity (Wildman–Crippen MR) is 88.0 cm³/mol. The third-order valence-electron chi connectivity index (χ3n) is 5.23. The number of hydrogen-bond acceptors (Lipinski definition) is 3. The van der Waals surface area contributed by atoms with Crippen LogP contribution in [0.25, 0.3) is 11.0 Å². The lowest BCUT2D eigenvalue weighted by molar-refractivity contribution is 0.189. The Morgan fingerprint density at radius 1 is 1.30 bits per heavy atom. The highest BCUT2D eigenvalue weighted by Gasteiger charge is 2.23. The number of hydrogen-bond donors (Lipinski definition) is 2. The summed E-state index contributed by atoms with van der Waals surface area (Å²) >= 11 is 0. The van der Waals surface area contributed by atoms with Crippen molar-refractivity contribution in [2.45, 2.75) is 45.1 Å². The number of fused-ring (bicyclic) bond motifs is 3. The summed E-state index contributed by atoms with van der Waals surface area (Å²) in [5.74, 6) is 0.664. The third kappa shape index (κ3) is 2.90. The normalized spacial score (nSPS) is 18.9. The summed E-state index contributed by atoms with van der Waals surface area (Å²) < 4.78 is 0. The van der Waals surface area contributed by atoms with Gasteiger partial charge in [-0.15, -0.1) is 0 Å². The monoisotopic (exact) mass is 313 g/mol. The molecule has 122 valence electrons. The summed E-state index contributed by atoms with van der Waals surface area (Å²) in [6.45, 7) is 2.22. The second-order valence-electron chi connectivity index (χ2n) is 6.76. The van der Waals surface area contributed by atoms with Crippen LogP contribution in [0, 0.1) is 5.92 Å². The van der Waals surface area contributed by atoms with Gasteiger partial charge in [0.2, 0.25) is 0 Å². The molecule has 2 N–H and O–H groups in total. The van der Waals surface area contributed by atoms with Gasteiger partial charge in [0.25, 0.3) is 0 Å². The molecule has 1 aliphatic carbocycles. The lowest BCUT2D eigenvalue weighted by atomic mass is 9.89. The van der Waals surface area contributed by atoms with Gasteiger partial charge in [-0.05, 0) is 36.3 Å². The molecular formula is C17H23N5O. The van der Waals surface area contributed by atoms with E-state index in [1.54, 1.807) is 0 Å². The number of nitrogens with one attached hydrogen (secondary N) is 2. The highest BCUT2D eigenvalue weighted by Crippen LogP contribution is 2.25. The minimum atomic E-state index is 0.0634. The van der Waals surface area contributed by atoms with Gasteiger partial charge < -0.3 is 10.2 Å². The molecular weight excluding hydrogens is 290 g/mol. The van der Waals surface area contributed by atoms with Crippen molar-refractivity contribution >= 4 is 17.1 Å². The number of aromatic nitrogens is 3. The quantitative estimate of drug-likeness (QED) is 0.895. The van der Waals surface area contributed by atoms with Gasteiger partial charge in [-0.25, -0.2) is 9.78 Å². The first-order chi connectivity index (χ1) is 11.3. The summed E-state index contributed by atoms with van der Waals surface area (Å²) in [6.07, 6.45) is 11.1. The van der Waals surface area contributed by atoms with E-state index in [1.807, 2.05) is 17.3 Å². The van der Waals surface area contributed by atoms with E-state index in [2.05, 4.69) is 20.5 Å². The fourth-order valence-corrected chi connectivity index (χ4v) is 3.86. The number of amides is 2. The Labute approximate surface area is 135 Å². The maximum absolute atomic E-state index is 12.4. The third-order valence-corrected chi connectivity index (χ3v) is 5.23. The van der Waals surface area contributed by atoms with E-state index in [9.17, 15) is 4.79 Å². The zero-order valence-electron chi connectivity index (χ0n) is 13.3. The number of aromatic amines is 1. The highest BCUT2D eigenvalue weighted by atomic mass is 16.2. The molecule has 0 radical (unpaired) electrons. The van der Waals surface area contributed by atoms with Crippen LogP contribution in [0.5, 0.6) is 0 Å². The number of urea groups is 1. The van der Waals surface area contributed by atoms with Crippen LogP contribution < -0.4 is 5.32 Å². The zero-order valence-corrected chi connectivity index (χ0v) is 13.3. The first-order valence-electron chi connectivity index (χ1n) is 8.64. The van der Waals surface area contributed by atoms with Crippen molar-refractivity contribution in [3.05, 3.63) is 23.5 Å². The molecule has 23 heavy (non-hydrogen) atoms. The van der Waals surface area contributed by atoms with E-state index in [0.29, 0.717) is 12.5 Å². The molecule has 2 aromatic rings. The predicted octanol–water partition coefficient (Wildman–Crippen LogP) is 2.61. The van der Waals surface area contributed by atoms with Crippen molar-refractivity contribution in [1.82, 2.24) is 25.4 Å². The van der Waals surface area contributed by atoms with Crippen LogP contribution in [0.3, 0.4) is 0 Å². The van der Waals surface area contributed by atoms with Crippen molar-refractivity contribution in [2.24, 2.45) is 5.92 Å². The van der Waals surface area contributed by atoms with E-state index in [4.69, 9.17) is 0 Å². The standard InChI is InChI=1S/C17H23N5O/c23-17(19-8-12-4-2-1-3-5-12)22-7-6-14-13(11-22)9-18-16-15(14)10-20-21-16/h9-10,12H,1-8,11H2,(H,19,23)(H,18,20,21). The minimum absolute atomic E-state index is 0.0634. The molecule has 0 bridgehead atoms. The first kappa shape index (κ1) is 14.5. The molecule has 0 atom stereocenters. The second kappa shape index (κ2) is 6.18. The van der Waals surface area contributed by atoms with Crippen molar-refractivity contribution in [2.75, 3.05) is 13.1 Å². The summed E-state index contributed by atoms with van der Waals surface area (Å²) in [6, 6.07) is 0.0634. The Morgan fingerprint density at radius 2 is 2.17 bits per heavy atom. The molecule has 3 heterocycles. The number of rotatable bonds is 2. The van der Waals surface area contributed by atoms with Crippen molar-refractivity contribution in [3.8, 4) is 0 Å². The van der Waals surface area contributed by atoms with E-state index in [0.717, 1.165) is 36.1 Å². The van der Waals surface area contributed by atoms with Crippen molar-refractivity contribution < 1.29 is 4.79 Å². The van der Waals surface area contributed by atoms with Crippen LogP contribution in [0.15, 0.2) is 12.4 Å². The minimum Gasteiger partial charge on any atom is -0.338 e. The topological polar surface area (TPSA) is 73.9 Å². The zero-order chi connectivity index (χ0) is 15.6. The molecule has 2 aliphatic rings. The maximum atomic E-state index is 12.4. The number of H-pyrrole nitrogens is 1. The summed E-state index contributed by atoms with van der Waals surface area (Å²) in [7, 11) is 0. The van der Waals surface area contributed by atoms with Crippen molar-refractivity contribution in [3.63, 3.8) is 0 Å². The van der Waals surface area contributed by atoms with Crippen LogP contribution in [0.2, 0.25) is 0 Å². The summed E-state index contributed by atoms with van der Waals surface area (Å²) in [5.41, 5.74) is 3.25. The molecule has 0 aromatic carbocycles. The van der Waals surface area contributed by atoms with Crippen LogP contribution in [0.1, 0.15) is 43.2 Å². The van der Waals surface area contributed by atoms with Gasteiger partial charge in [-0.2, -0.15) is 5.10 Å².